The van der Waals surface area contributed by atoms with E-state index in [1.165, 1.54) is 12.1 Å². The number of ketones is 2. The molecule has 1 fully saturated rings. The summed E-state index contributed by atoms with van der Waals surface area (Å²) in [7, 11) is 0. The topological polar surface area (TPSA) is 65.5 Å². The molecule has 35 heavy (non-hydrogen) atoms. The molecule has 0 unspecified atom stereocenters. The number of alkyl halides is 2. The Morgan fingerprint density at radius 3 is 2.31 bits per heavy atom. The first-order chi connectivity index (χ1) is 16.5. The van der Waals surface area contributed by atoms with Crippen LogP contribution in [0.2, 0.25) is 0 Å². The average molecular weight is 478 g/mol. The second-order valence-corrected chi connectivity index (χ2v) is 9.47. The Balaban J connectivity index is 1.45. The number of benzene rings is 2. The van der Waals surface area contributed by atoms with Crippen molar-refractivity contribution in [1.29, 1.82) is 0 Å². The number of hydrogen-bond acceptors (Lipinski definition) is 5. The van der Waals surface area contributed by atoms with E-state index in [-0.39, 0.29) is 29.5 Å². The molecule has 1 saturated carbocycles. The lowest BCUT2D eigenvalue weighted by molar-refractivity contribution is -0.286. The predicted octanol–water partition coefficient (Wildman–Crippen LogP) is 6.04. The van der Waals surface area contributed by atoms with E-state index in [0.29, 0.717) is 29.7 Å². The molecular weight excluding hydrogens is 452 g/mol. The van der Waals surface area contributed by atoms with Gasteiger partial charge in [-0.3, -0.25) is 14.6 Å². The summed E-state index contributed by atoms with van der Waals surface area (Å²) >= 11 is 0. The minimum atomic E-state index is -3.69. The van der Waals surface area contributed by atoms with Gasteiger partial charge in [0.25, 0.3) is 0 Å². The quantitative estimate of drug-likeness (QED) is 0.405. The standard InChI is InChI=1S/C28H25F2NO4/c1-15-6-9-21(18(4)32)17(3)25(15)26-16(2)5-8-20(31-26)14-24(33)27(11-12-27)19-7-10-22-23(13-19)35-28(29,30)34-22/h5-10,13H,11-12,14H2,1-4H3. The van der Waals surface area contributed by atoms with Crippen LogP contribution in [0.25, 0.3) is 11.3 Å². The summed E-state index contributed by atoms with van der Waals surface area (Å²) < 4.78 is 35.9. The zero-order valence-electron chi connectivity index (χ0n) is 20.0. The van der Waals surface area contributed by atoms with Crippen molar-refractivity contribution in [3.8, 4) is 22.8 Å². The van der Waals surface area contributed by atoms with Gasteiger partial charge in [-0.05, 0) is 81.0 Å². The molecule has 0 saturated heterocycles. The number of hydrogen-bond donors (Lipinski definition) is 0. The van der Waals surface area contributed by atoms with Crippen LogP contribution in [0.4, 0.5) is 8.78 Å². The third-order valence-electron chi connectivity index (χ3n) is 7.02. The van der Waals surface area contributed by atoms with Gasteiger partial charge in [0.2, 0.25) is 0 Å². The highest BCUT2D eigenvalue weighted by molar-refractivity contribution is 5.98. The summed E-state index contributed by atoms with van der Waals surface area (Å²) in [5.74, 6) is -0.120. The lowest BCUT2D eigenvalue weighted by Gasteiger charge is -2.17. The Labute approximate surface area is 202 Å². The van der Waals surface area contributed by atoms with Gasteiger partial charge in [0, 0.05) is 23.2 Å². The third-order valence-corrected chi connectivity index (χ3v) is 7.02. The number of carbonyl (C=O) groups excluding carboxylic acids is 2. The molecule has 0 atom stereocenters. The zero-order valence-corrected chi connectivity index (χ0v) is 20.0. The van der Waals surface area contributed by atoms with Crippen LogP contribution in [0.3, 0.4) is 0 Å². The van der Waals surface area contributed by atoms with E-state index in [0.717, 1.165) is 27.9 Å². The predicted molar refractivity (Wildman–Crippen MR) is 126 cm³/mol. The maximum Gasteiger partial charge on any atom is 0.586 e. The molecule has 0 spiro atoms. The molecule has 180 valence electrons. The van der Waals surface area contributed by atoms with Gasteiger partial charge in [-0.15, -0.1) is 8.78 Å². The maximum absolute atomic E-state index is 13.4. The van der Waals surface area contributed by atoms with Crippen molar-refractivity contribution in [3.05, 3.63) is 76.0 Å². The largest absolute Gasteiger partial charge is 0.586 e. The molecule has 0 radical (unpaired) electrons. The van der Waals surface area contributed by atoms with Crippen molar-refractivity contribution in [2.75, 3.05) is 0 Å². The van der Waals surface area contributed by atoms with Crippen LogP contribution in [-0.4, -0.2) is 22.8 Å². The van der Waals surface area contributed by atoms with Gasteiger partial charge in [0.15, 0.2) is 17.3 Å². The lowest BCUT2D eigenvalue weighted by Crippen LogP contribution is -2.26. The Morgan fingerprint density at radius 1 is 0.943 bits per heavy atom. The zero-order chi connectivity index (χ0) is 25.1. The van der Waals surface area contributed by atoms with E-state index in [1.54, 1.807) is 13.0 Å². The van der Waals surface area contributed by atoms with E-state index < -0.39 is 11.7 Å². The van der Waals surface area contributed by atoms with Gasteiger partial charge in [-0.2, -0.15) is 0 Å². The van der Waals surface area contributed by atoms with Gasteiger partial charge >= 0.3 is 6.29 Å². The Morgan fingerprint density at radius 2 is 1.63 bits per heavy atom. The van der Waals surface area contributed by atoms with Gasteiger partial charge in [0.05, 0.1) is 11.1 Å². The molecule has 0 amide bonds. The molecule has 7 heteroatoms. The number of pyridine rings is 1. The highest BCUT2D eigenvalue weighted by Crippen LogP contribution is 2.52. The van der Waals surface area contributed by atoms with Gasteiger partial charge in [-0.25, -0.2) is 0 Å². The Bertz CT molecular complexity index is 1390. The molecule has 5 rings (SSSR count). The molecule has 2 aliphatic rings. The first kappa shape index (κ1) is 23.1. The molecule has 0 N–H and O–H groups in total. The van der Waals surface area contributed by atoms with Crippen LogP contribution in [-0.2, 0) is 16.6 Å². The summed E-state index contributed by atoms with van der Waals surface area (Å²) in [5.41, 5.74) is 5.67. The van der Waals surface area contributed by atoms with E-state index in [2.05, 4.69) is 9.47 Å². The molecule has 2 aromatic carbocycles. The fourth-order valence-corrected chi connectivity index (χ4v) is 4.95. The molecule has 0 bridgehead atoms. The second-order valence-electron chi connectivity index (χ2n) is 9.47. The van der Waals surface area contributed by atoms with Crippen molar-refractivity contribution in [2.24, 2.45) is 0 Å². The summed E-state index contributed by atoms with van der Waals surface area (Å²) in [4.78, 5) is 30.4. The maximum atomic E-state index is 13.4. The minimum Gasteiger partial charge on any atom is -0.395 e. The number of nitrogens with zero attached hydrogens (tertiary/aromatic N) is 1. The van der Waals surface area contributed by atoms with Gasteiger partial charge in [0.1, 0.15) is 5.78 Å². The number of halogens is 2. The van der Waals surface area contributed by atoms with E-state index in [4.69, 9.17) is 4.98 Å². The average Bonchev–Trinajstić information content (AvgIpc) is 3.52. The van der Waals surface area contributed by atoms with Gasteiger partial charge < -0.3 is 9.47 Å². The van der Waals surface area contributed by atoms with Crippen LogP contribution >= 0.6 is 0 Å². The summed E-state index contributed by atoms with van der Waals surface area (Å²) in [5, 5.41) is 0. The van der Waals surface area contributed by atoms with Crippen molar-refractivity contribution in [2.45, 2.75) is 58.7 Å². The van der Waals surface area contributed by atoms with Crippen LogP contribution < -0.4 is 9.47 Å². The van der Waals surface area contributed by atoms with Crippen molar-refractivity contribution in [3.63, 3.8) is 0 Å². The highest BCUT2D eigenvalue weighted by atomic mass is 19.3. The van der Waals surface area contributed by atoms with Gasteiger partial charge in [-0.1, -0.05) is 24.3 Å². The lowest BCUT2D eigenvalue weighted by atomic mass is 9.88. The summed E-state index contributed by atoms with van der Waals surface area (Å²) in [6.45, 7) is 7.40. The number of aromatic nitrogens is 1. The Hall–Kier alpha value is -3.61. The molecule has 1 aromatic heterocycles. The first-order valence-electron chi connectivity index (χ1n) is 11.5. The smallest absolute Gasteiger partial charge is 0.395 e. The fourth-order valence-electron chi connectivity index (χ4n) is 4.95. The molecule has 5 nitrogen and oxygen atoms in total. The summed E-state index contributed by atoms with van der Waals surface area (Å²) in [6.07, 6.45) is -2.30. The van der Waals surface area contributed by atoms with E-state index in [9.17, 15) is 18.4 Å². The first-order valence-corrected chi connectivity index (χ1v) is 11.5. The van der Waals surface area contributed by atoms with Crippen molar-refractivity contribution in [1.82, 2.24) is 4.98 Å². The van der Waals surface area contributed by atoms with Crippen molar-refractivity contribution < 1.29 is 27.8 Å². The van der Waals surface area contributed by atoms with Crippen LogP contribution in [0.1, 0.15) is 58.1 Å². The number of ether oxygens (including phenoxy) is 2. The van der Waals surface area contributed by atoms with Crippen LogP contribution in [0, 0.1) is 20.8 Å². The summed E-state index contributed by atoms with van der Waals surface area (Å²) in [6, 6.07) is 12.1. The molecule has 2 heterocycles. The van der Waals surface area contributed by atoms with Crippen molar-refractivity contribution >= 4 is 11.6 Å². The van der Waals surface area contributed by atoms with E-state index in [1.807, 2.05) is 45.0 Å². The second kappa shape index (κ2) is 7.97. The van der Waals surface area contributed by atoms with Crippen LogP contribution in [0.5, 0.6) is 11.5 Å². The number of rotatable bonds is 6. The molecular formula is C28H25F2NO4. The molecule has 3 aromatic rings. The number of carbonyl (C=O) groups is 2. The third kappa shape index (κ3) is 3.99. The number of fused-ring (bicyclic) bond motifs is 1. The Kier molecular flexibility index (Phi) is 5.27. The normalized spacial score (nSPS) is 16.7. The SMILES string of the molecule is CC(=O)c1ccc(C)c(-c2nc(CC(=O)C3(c4ccc5c(c4)OC(F)(F)O5)CC3)ccc2C)c1C. The highest BCUT2D eigenvalue weighted by Gasteiger charge is 2.52. The monoisotopic (exact) mass is 477 g/mol. The number of Topliss-reactive ketones (excluding diaryl/α,β-unsaturated/α-hetero) is 2. The van der Waals surface area contributed by atoms with Crippen LogP contribution in [0.15, 0.2) is 42.5 Å². The van der Waals surface area contributed by atoms with E-state index >= 15 is 0 Å². The number of aryl methyl sites for hydroxylation is 2. The fraction of sp³-hybridized carbons (Fsp3) is 0.321. The minimum absolute atomic E-state index is 0.00935. The molecule has 1 aliphatic carbocycles. The molecule has 1 aliphatic heterocycles.